The van der Waals surface area contributed by atoms with Crippen LogP contribution in [-0.4, -0.2) is 5.16 Å². The van der Waals surface area contributed by atoms with Crippen LogP contribution in [-0.2, 0) is 5.67 Å². The van der Waals surface area contributed by atoms with E-state index in [1.54, 1.807) is 24.3 Å². The quantitative estimate of drug-likeness (QED) is 0.915. The number of hydrogen-bond acceptors (Lipinski definition) is 3. The van der Waals surface area contributed by atoms with Crippen LogP contribution < -0.4 is 5.73 Å². The average molecular weight is 299 g/mol. The molecule has 0 aliphatic rings. The summed E-state index contributed by atoms with van der Waals surface area (Å²) in [5.41, 5.74) is 6.11. The van der Waals surface area contributed by atoms with Crippen LogP contribution in [0.25, 0.3) is 11.3 Å². The fraction of sp³-hybridized carbons (Fsp3) is 0.250. The Morgan fingerprint density at radius 2 is 2.06 bits per heavy atom. The van der Waals surface area contributed by atoms with Gasteiger partial charge in [0.2, 0.25) is 5.88 Å². The normalized spacial score (nSPS) is 11.8. The molecule has 0 bridgehead atoms. The number of anilines is 1. The fourth-order valence-electron chi connectivity index (χ4n) is 1.58. The number of nitrogen functional groups attached to an aromatic ring is 1. The molecule has 0 fully saturated rings. The molecular weight excluding hydrogens is 287 g/mol. The van der Waals surface area contributed by atoms with Gasteiger partial charge in [0.25, 0.3) is 0 Å². The topological polar surface area (TPSA) is 52.0 Å². The van der Waals surface area contributed by atoms with E-state index in [2.05, 4.69) is 21.1 Å². The Morgan fingerprint density at radius 3 is 2.53 bits per heavy atom. The van der Waals surface area contributed by atoms with Gasteiger partial charge in [-0.1, -0.05) is 33.2 Å². The highest BCUT2D eigenvalue weighted by Crippen LogP contribution is 2.34. The highest BCUT2D eigenvalue weighted by Gasteiger charge is 2.22. The van der Waals surface area contributed by atoms with Crippen molar-refractivity contribution in [3.63, 3.8) is 0 Å². The fourth-order valence-corrected chi connectivity index (χ4v) is 2.43. The van der Waals surface area contributed by atoms with Crippen molar-refractivity contribution in [3.8, 4) is 11.3 Å². The van der Waals surface area contributed by atoms with Crippen LogP contribution in [0.15, 0.2) is 33.3 Å². The number of alkyl halides is 1. The van der Waals surface area contributed by atoms with Crippen molar-refractivity contribution in [1.29, 1.82) is 0 Å². The van der Waals surface area contributed by atoms with Crippen LogP contribution in [0.2, 0.25) is 0 Å². The van der Waals surface area contributed by atoms with E-state index in [9.17, 15) is 4.39 Å². The summed E-state index contributed by atoms with van der Waals surface area (Å²) in [6, 6.07) is 6.94. The zero-order chi connectivity index (χ0) is 12.6. The number of halogens is 2. The van der Waals surface area contributed by atoms with Crippen molar-refractivity contribution in [2.75, 3.05) is 5.73 Å². The molecule has 2 aromatic rings. The van der Waals surface area contributed by atoms with E-state index in [0.717, 1.165) is 5.56 Å². The Kier molecular flexibility index (Phi) is 2.95. The molecule has 0 atom stereocenters. The van der Waals surface area contributed by atoms with Gasteiger partial charge in [-0.15, -0.1) is 0 Å². The molecule has 5 heteroatoms. The standard InChI is InChI=1S/C12H12BrFN2O/c1-12(2,14)8-4-3-7(5-9(8)13)10-6-11(15)17-16-10/h3-6H,15H2,1-2H3. The van der Waals surface area contributed by atoms with E-state index >= 15 is 0 Å². The summed E-state index contributed by atoms with van der Waals surface area (Å²) in [5.74, 6) is 0.256. The third-order valence-corrected chi connectivity index (χ3v) is 3.09. The molecule has 3 nitrogen and oxygen atoms in total. The van der Waals surface area contributed by atoms with Crippen molar-refractivity contribution in [3.05, 3.63) is 34.3 Å². The van der Waals surface area contributed by atoms with Gasteiger partial charge < -0.3 is 10.3 Å². The molecule has 2 N–H and O–H groups in total. The zero-order valence-corrected chi connectivity index (χ0v) is 11.1. The first-order valence-corrected chi connectivity index (χ1v) is 5.89. The molecule has 17 heavy (non-hydrogen) atoms. The highest BCUT2D eigenvalue weighted by molar-refractivity contribution is 9.10. The number of aromatic nitrogens is 1. The minimum atomic E-state index is -1.39. The van der Waals surface area contributed by atoms with Gasteiger partial charge in [0.05, 0.1) is 0 Å². The summed E-state index contributed by atoms with van der Waals surface area (Å²) >= 11 is 3.36. The molecule has 0 aliphatic carbocycles. The Bertz CT molecular complexity index is 546. The van der Waals surface area contributed by atoms with Crippen LogP contribution in [0.3, 0.4) is 0 Å². The van der Waals surface area contributed by atoms with Gasteiger partial charge in [0.15, 0.2) is 0 Å². The monoisotopic (exact) mass is 298 g/mol. The van der Waals surface area contributed by atoms with Crippen LogP contribution in [0.4, 0.5) is 10.3 Å². The molecule has 1 heterocycles. The van der Waals surface area contributed by atoms with Gasteiger partial charge in [-0.25, -0.2) is 4.39 Å². The number of benzene rings is 1. The maximum absolute atomic E-state index is 13.8. The molecule has 1 aromatic carbocycles. The second-order valence-corrected chi connectivity index (χ2v) is 5.14. The minimum absolute atomic E-state index is 0.256. The average Bonchev–Trinajstić information content (AvgIpc) is 2.62. The van der Waals surface area contributed by atoms with E-state index in [1.165, 1.54) is 13.8 Å². The molecule has 0 amide bonds. The molecule has 0 spiro atoms. The third kappa shape index (κ3) is 2.49. The van der Waals surface area contributed by atoms with Crippen molar-refractivity contribution < 1.29 is 8.91 Å². The second kappa shape index (κ2) is 4.14. The molecule has 0 radical (unpaired) electrons. The van der Waals surface area contributed by atoms with Gasteiger partial charge in [-0.3, -0.25) is 0 Å². The van der Waals surface area contributed by atoms with E-state index in [-0.39, 0.29) is 5.88 Å². The first-order valence-electron chi connectivity index (χ1n) is 5.09. The molecule has 1 aromatic heterocycles. The number of rotatable bonds is 2. The summed E-state index contributed by atoms with van der Waals surface area (Å²) in [6.45, 7) is 3.03. The lowest BCUT2D eigenvalue weighted by molar-refractivity contribution is 0.220. The van der Waals surface area contributed by atoms with Gasteiger partial charge in [0, 0.05) is 21.7 Å². The molecule has 0 saturated carbocycles. The number of nitrogens with two attached hydrogens (primary N) is 1. The summed E-state index contributed by atoms with van der Waals surface area (Å²) in [4.78, 5) is 0. The summed E-state index contributed by atoms with van der Waals surface area (Å²) < 4.78 is 19.3. The van der Waals surface area contributed by atoms with E-state index < -0.39 is 5.67 Å². The van der Waals surface area contributed by atoms with Crippen LogP contribution in [0, 0.1) is 0 Å². The smallest absolute Gasteiger partial charge is 0.222 e. The Morgan fingerprint density at radius 1 is 1.35 bits per heavy atom. The molecule has 90 valence electrons. The van der Waals surface area contributed by atoms with Crippen LogP contribution >= 0.6 is 15.9 Å². The first kappa shape index (κ1) is 12.1. The van der Waals surface area contributed by atoms with E-state index in [1.807, 2.05) is 0 Å². The maximum Gasteiger partial charge on any atom is 0.222 e. The van der Waals surface area contributed by atoms with Crippen molar-refractivity contribution in [2.45, 2.75) is 19.5 Å². The van der Waals surface area contributed by atoms with Crippen LogP contribution in [0.1, 0.15) is 19.4 Å². The first-order chi connectivity index (χ1) is 7.88. The molecule has 0 unspecified atom stereocenters. The van der Waals surface area contributed by atoms with Gasteiger partial charge in [-0.2, -0.15) is 0 Å². The lowest BCUT2D eigenvalue weighted by Crippen LogP contribution is -2.09. The van der Waals surface area contributed by atoms with E-state index in [4.69, 9.17) is 10.3 Å². The number of hydrogen-bond donors (Lipinski definition) is 1. The lowest BCUT2D eigenvalue weighted by Gasteiger charge is -2.16. The Labute approximate surface area is 107 Å². The largest absolute Gasteiger partial charge is 0.368 e. The molecule has 0 aliphatic heterocycles. The summed E-state index contributed by atoms with van der Waals surface area (Å²) in [7, 11) is 0. The Hall–Kier alpha value is -1.36. The van der Waals surface area contributed by atoms with Gasteiger partial charge >= 0.3 is 0 Å². The van der Waals surface area contributed by atoms with Crippen molar-refractivity contribution in [1.82, 2.24) is 5.16 Å². The van der Waals surface area contributed by atoms with Gasteiger partial charge in [-0.05, 0) is 19.9 Å². The zero-order valence-electron chi connectivity index (χ0n) is 9.50. The SMILES string of the molecule is CC(C)(F)c1ccc(-c2cc(N)on2)cc1Br. The predicted octanol–water partition coefficient (Wildman–Crippen LogP) is 3.89. The number of nitrogens with zero attached hydrogens (tertiary/aromatic N) is 1. The molecular formula is C12H12BrFN2O. The van der Waals surface area contributed by atoms with Gasteiger partial charge in [0.1, 0.15) is 11.4 Å². The highest BCUT2D eigenvalue weighted by atomic mass is 79.9. The minimum Gasteiger partial charge on any atom is -0.368 e. The summed E-state index contributed by atoms with van der Waals surface area (Å²) in [6.07, 6.45) is 0. The third-order valence-electron chi connectivity index (χ3n) is 2.43. The molecule has 0 saturated heterocycles. The maximum atomic E-state index is 13.8. The van der Waals surface area contributed by atoms with Crippen molar-refractivity contribution >= 4 is 21.8 Å². The predicted molar refractivity (Wildman–Crippen MR) is 68.2 cm³/mol. The van der Waals surface area contributed by atoms with Crippen LogP contribution in [0.5, 0.6) is 0 Å². The second-order valence-electron chi connectivity index (χ2n) is 4.28. The van der Waals surface area contributed by atoms with E-state index in [0.29, 0.717) is 15.7 Å². The van der Waals surface area contributed by atoms with Crippen molar-refractivity contribution in [2.24, 2.45) is 0 Å². The summed E-state index contributed by atoms with van der Waals surface area (Å²) in [5, 5.41) is 3.80. The lowest BCUT2D eigenvalue weighted by atomic mass is 9.98. The Balaban J connectivity index is 2.44. The molecule has 2 rings (SSSR count).